The van der Waals surface area contributed by atoms with Crippen LogP contribution in [-0.4, -0.2) is 38.9 Å². The van der Waals surface area contributed by atoms with Crippen LogP contribution in [0.25, 0.3) is 0 Å². The lowest BCUT2D eigenvalue weighted by Crippen LogP contribution is -2.26. The number of alkyl halides is 1. The van der Waals surface area contributed by atoms with Crippen molar-refractivity contribution in [3.05, 3.63) is 12.2 Å². The zero-order valence-electron chi connectivity index (χ0n) is 15.7. The van der Waals surface area contributed by atoms with E-state index in [-0.39, 0.29) is 35.8 Å². The largest absolute Gasteiger partial charge is 0.481 e. The molecule has 2 fully saturated rings. The predicted molar refractivity (Wildman–Crippen MR) is 104 cm³/mol. The first-order chi connectivity index (χ1) is 12.5. The highest BCUT2D eigenvalue weighted by Crippen LogP contribution is 2.42. The lowest BCUT2D eigenvalue weighted by atomic mass is 9.81. The number of hydrogen-bond donors (Lipinski definition) is 3. The maximum atomic E-state index is 10.5. The van der Waals surface area contributed by atoms with Gasteiger partial charge in [-0.2, -0.15) is 0 Å². The number of allylic oxidation sites excluding steroid dienone is 2. The fraction of sp³-hybridized carbons (Fsp3) is 0.857. The molecule has 2 saturated carbocycles. The second kappa shape index (κ2) is 11.3. The van der Waals surface area contributed by atoms with E-state index in [2.05, 4.69) is 6.08 Å². The van der Waals surface area contributed by atoms with Crippen LogP contribution in [0.15, 0.2) is 12.2 Å². The number of aliphatic hydroxyl groups excluding tert-OH is 2. The van der Waals surface area contributed by atoms with E-state index in [4.69, 9.17) is 16.7 Å². The van der Waals surface area contributed by atoms with E-state index >= 15 is 0 Å². The number of carboxylic acid groups (broad SMARTS) is 1. The fourth-order valence-corrected chi connectivity index (χ4v) is 5.20. The van der Waals surface area contributed by atoms with Gasteiger partial charge >= 0.3 is 5.97 Å². The summed E-state index contributed by atoms with van der Waals surface area (Å²) in [4.78, 5) is 10.5. The predicted octanol–water partition coefficient (Wildman–Crippen LogP) is 4.51. The number of halogens is 1. The molecule has 0 radical (unpaired) electrons. The molecule has 0 aliphatic heterocycles. The van der Waals surface area contributed by atoms with E-state index < -0.39 is 5.97 Å². The lowest BCUT2D eigenvalue weighted by molar-refractivity contribution is -0.137. The molecule has 26 heavy (non-hydrogen) atoms. The fourth-order valence-electron chi connectivity index (χ4n) is 4.72. The summed E-state index contributed by atoms with van der Waals surface area (Å²) in [5.74, 6) is 0.0664. The Morgan fingerprint density at radius 3 is 2.58 bits per heavy atom. The third-order valence-corrected chi connectivity index (χ3v) is 6.80. The van der Waals surface area contributed by atoms with Gasteiger partial charge < -0.3 is 15.3 Å². The van der Waals surface area contributed by atoms with E-state index in [0.29, 0.717) is 18.8 Å². The molecule has 5 heteroatoms. The summed E-state index contributed by atoms with van der Waals surface area (Å²) in [6, 6.07) is 0. The Morgan fingerprint density at radius 2 is 1.88 bits per heavy atom. The van der Waals surface area contributed by atoms with E-state index in [1.807, 2.05) is 6.08 Å². The van der Waals surface area contributed by atoms with Crippen LogP contribution in [0.4, 0.5) is 0 Å². The molecule has 0 heterocycles. The van der Waals surface area contributed by atoms with Gasteiger partial charge in [0.05, 0.1) is 12.2 Å². The Hall–Kier alpha value is -0.580. The average Bonchev–Trinajstić information content (AvgIpc) is 2.89. The van der Waals surface area contributed by atoms with E-state index in [1.165, 1.54) is 19.3 Å². The van der Waals surface area contributed by atoms with Gasteiger partial charge in [-0.05, 0) is 69.1 Å². The molecule has 5 atom stereocenters. The molecule has 2 aliphatic rings. The summed E-state index contributed by atoms with van der Waals surface area (Å²) in [7, 11) is 0. The second-order valence-corrected chi connectivity index (χ2v) is 8.74. The summed E-state index contributed by atoms with van der Waals surface area (Å²) < 4.78 is 0. The molecule has 0 aromatic carbocycles. The summed E-state index contributed by atoms with van der Waals surface area (Å²) >= 11 is 6.48. The molecule has 0 amide bonds. The van der Waals surface area contributed by atoms with Crippen molar-refractivity contribution in [3.8, 4) is 0 Å². The van der Waals surface area contributed by atoms with Crippen molar-refractivity contribution in [2.45, 2.75) is 94.6 Å². The average molecular weight is 387 g/mol. The number of aliphatic carboxylic acids is 1. The Bertz CT molecular complexity index is 447. The monoisotopic (exact) mass is 386 g/mol. The zero-order chi connectivity index (χ0) is 18.9. The third-order valence-electron chi connectivity index (χ3n) is 6.30. The quantitative estimate of drug-likeness (QED) is 0.293. The molecule has 4 nitrogen and oxygen atoms in total. The molecular formula is C21H35ClO4. The summed E-state index contributed by atoms with van der Waals surface area (Å²) in [5.41, 5.74) is 0. The van der Waals surface area contributed by atoms with Crippen LogP contribution in [0.1, 0.15) is 77.0 Å². The molecule has 3 N–H and O–H groups in total. The number of rotatable bonds is 10. The Balaban J connectivity index is 1.77. The smallest absolute Gasteiger partial charge is 0.303 e. The van der Waals surface area contributed by atoms with Crippen LogP contribution < -0.4 is 0 Å². The number of unbranched alkanes of at least 4 members (excludes halogenated alkanes) is 1. The van der Waals surface area contributed by atoms with Gasteiger partial charge in [-0.3, -0.25) is 4.79 Å². The molecule has 0 spiro atoms. The summed E-state index contributed by atoms with van der Waals surface area (Å²) in [6.07, 6.45) is 14.2. The van der Waals surface area contributed by atoms with Gasteiger partial charge in [0, 0.05) is 11.8 Å². The van der Waals surface area contributed by atoms with Crippen molar-refractivity contribution < 1.29 is 20.1 Å². The van der Waals surface area contributed by atoms with Gasteiger partial charge in [-0.15, -0.1) is 11.6 Å². The van der Waals surface area contributed by atoms with Crippen molar-refractivity contribution in [2.24, 2.45) is 17.8 Å². The topological polar surface area (TPSA) is 77.8 Å². The number of aliphatic hydroxyl groups is 2. The number of carboxylic acids is 1. The van der Waals surface area contributed by atoms with Gasteiger partial charge in [0.1, 0.15) is 0 Å². The highest BCUT2D eigenvalue weighted by atomic mass is 35.5. The van der Waals surface area contributed by atoms with E-state index in [9.17, 15) is 15.0 Å². The summed E-state index contributed by atoms with van der Waals surface area (Å²) in [6.45, 7) is 0. The first-order valence-electron chi connectivity index (χ1n) is 10.4. The maximum absolute atomic E-state index is 10.5. The standard InChI is InChI=1S/C21H35ClO4/c22-18-14-20(24)17(12-13-19(23)15-8-4-3-5-9-15)16(18)10-6-1-2-7-11-21(25)26/h1,6,15-20,23-24H,2-5,7-14H2,(H,25,26)/b6-1-/t16-,17-,18-,19-,20-/m1/s1. The Morgan fingerprint density at radius 1 is 1.15 bits per heavy atom. The zero-order valence-corrected chi connectivity index (χ0v) is 16.5. The van der Waals surface area contributed by atoms with Gasteiger partial charge in [-0.1, -0.05) is 31.4 Å². The first kappa shape index (κ1) is 21.7. The molecule has 0 saturated heterocycles. The Kier molecular flexibility index (Phi) is 9.44. The minimum atomic E-state index is -0.755. The van der Waals surface area contributed by atoms with Crippen LogP contribution >= 0.6 is 11.6 Å². The van der Waals surface area contributed by atoms with Gasteiger partial charge in [0.2, 0.25) is 0 Å². The van der Waals surface area contributed by atoms with Crippen molar-refractivity contribution in [1.29, 1.82) is 0 Å². The highest BCUT2D eigenvalue weighted by molar-refractivity contribution is 6.21. The molecule has 0 bridgehead atoms. The van der Waals surface area contributed by atoms with E-state index in [0.717, 1.165) is 38.5 Å². The maximum Gasteiger partial charge on any atom is 0.303 e. The molecule has 0 unspecified atom stereocenters. The van der Waals surface area contributed by atoms with Crippen molar-refractivity contribution in [1.82, 2.24) is 0 Å². The van der Waals surface area contributed by atoms with Crippen LogP contribution in [0.5, 0.6) is 0 Å². The second-order valence-electron chi connectivity index (χ2n) is 8.18. The molecule has 0 aromatic heterocycles. The van der Waals surface area contributed by atoms with Crippen molar-refractivity contribution in [2.75, 3.05) is 0 Å². The normalized spacial score (nSPS) is 31.5. The van der Waals surface area contributed by atoms with Crippen LogP contribution in [-0.2, 0) is 4.79 Å². The van der Waals surface area contributed by atoms with Gasteiger partial charge in [0.15, 0.2) is 0 Å². The van der Waals surface area contributed by atoms with Gasteiger partial charge in [0.25, 0.3) is 0 Å². The highest BCUT2D eigenvalue weighted by Gasteiger charge is 2.40. The van der Waals surface area contributed by atoms with Crippen molar-refractivity contribution in [3.63, 3.8) is 0 Å². The molecule has 150 valence electrons. The molecule has 2 aliphatic carbocycles. The SMILES string of the molecule is O=C(O)CCC/C=C\C[C@@H]1[C@@H](CC[C@@H](O)C2CCCCC2)[C@H](O)C[C@H]1Cl. The minimum absolute atomic E-state index is 0.0227. The van der Waals surface area contributed by atoms with Crippen LogP contribution in [0.2, 0.25) is 0 Å². The lowest BCUT2D eigenvalue weighted by Gasteiger charge is -2.29. The number of carbonyl (C=O) groups is 1. The first-order valence-corrected chi connectivity index (χ1v) is 10.8. The molecular weight excluding hydrogens is 352 g/mol. The van der Waals surface area contributed by atoms with Crippen LogP contribution in [0, 0.1) is 17.8 Å². The molecule has 2 rings (SSSR count). The third kappa shape index (κ3) is 6.86. The summed E-state index contributed by atoms with van der Waals surface area (Å²) in [5, 5.41) is 29.5. The van der Waals surface area contributed by atoms with Crippen molar-refractivity contribution >= 4 is 17.6 Å². The Labute approximate surface area is 162 Å². The van der Waals surface area contributed by atoms with Crippen LogP contribution in [0.3, 0.4) is 0 Å². The number of hydrogen-bond acceptors (Lipinski definition) is 3. The molecule has 0 aromatic rings. The van der Waals surface area contributed by atoms with Gasteiger partial charge in [-0.25, -0.2) is 0 Å². The minimum Gasteiger partial charge on any atom is -0.481 e. The van der Waals surface area contributed by atoms with E-state index in [1.54, 1.807) is 0 Å².